The first-order chi connectivity index (χ1) is 19.1. The molecular formula is C34H42N2O3. The van der Waals surface area contributed by atoms with Gasteiger partial charge >= 0.3 is 0 Å². The number of ether oxygens (including phenoxy) is 1. The number of amides is 1. The number of nitrogens with zero attached hydrogens (tertiary/aromatic N) is 2. The average molecular weight is 527 g/mol. The smallest absolute Gasteiger partial charge is 0.230 e. The van der Waals surface area contributed by atoms with Gasteiger partial charge in [-0.1, -0.05) is 48.7 Å². The van der Waals surface area contributed by atoms with Gasteiger partial charge in [-0.2, -0.15) is 0 Å². The molecule has 206 valence electrons. The van der Waals surface area contributed by atoms with Crippen molar-refractivity contribution in [2.24, 2.45) is 11.8 Å². The molecule has 3 aliphatic carbocycles. The molecule has 0 spiro atoms. The van der Waals surface area contributed by atoms with Gasteiger partial charge in [0.15, 0.2) is 0 Å². The minimum absolute atomic E-state index is 0.148. The Morgan fingerprint density at radius 1 is 0.923 bits per heavy atom. The maximum absolute atomic E-state index is 14.0. The molecule has 0 unspecified atom stereocenters. The van der Waals surface area contributed by atoms with Crippen molar-refractivity contribution < 1.29 is 14.1 Å². The van der Waals surface area contributed by atoms with Crippen LogP contribution in [0.25, 0.3) is 11.3 Å². The topological polar surface area (TPSA) is 55.6 Å². The van der Waals surface area contributed by atoms with E-state index in [-0.39, 0.29) is 5.92 Å². The van der Waals surface area contributed by atoms with E-state index in [1.807, 2.05) is 0 Å². The second kappa shape index (κ2) is 11.6. The summed E-state index contributed by atoms with van der Waals surface area (Å²) in [6.07, 6.45) is 12.7. The fraction of sp³-hybridized carbons (Fsp3) is 0.529. The van der Waals surface area contributed by atoms with Gasteiger partial charge in [-0.15, -0.1) is 0 Å². The van der Waals surface area contributed by atoms with Crippen molar-refractivity contribution in [1.82, 2.24) is 5.16 Å². The summed E-state index contributed by atoms with van der Waals surface area (Å²) in [6.45, 7) is 2.93. The van der Waals surface area contributed by atoms with Crippen molar-refractivity contribution in [3.05, 3.63) is 65.4 Å². The fourth-order valence-corrected chi connectivity index (χ4v) is 6.80. The molecule has 3 fully saturated rings. The molecule has 5 nitrogen and oxygen atoms in total. The van der Waals surface area contributed by atoms with Crippen LogP contribution in [0.15, 0.2) is 53.1 Å². The number of aromatic nitrogens is 1. The number of hydrogen-bond donors (Lipinski definition) is 0. The number of methoxy groups -OCH3 is 1. The number of hydrogen-bond acceptors (Lipinski definition) is 4. The second-order valence-electron chi connectivity index (χ2n) is 12.2. The summed E-state index contributed by atoms with van der Waals surface area (Å²) < 4.78 is 11.1. The summed E-state index contributed by atoms with van der Waals surface area (Å²) >= 11 is 0. The van der Waals surface area contributed by atoms with Crippen LogP contribution in [0, 0.1) is 18.8 Å². The Hall–Kier alpha value is -3.08. The van der Waals surface area contributed by atoms with Crippen LogP contribution in [0.5, 0.6) is 5.75 Å². The lowest BCUT2D eigenvalue weighted by molar-refractivity contribution is -0.123. The summed E-state index contributed by atoms with van der Waals surface area (Å²) in [5.74, 6) is 4.06. The molecule has 0 aliphatic heterocycles. The molecule has 0 radical (unpaired) electrons. The maximum Gasteiger partial charge on any atom is 0.230 e. The Morgan fingerprint density at radius 3 is 2.41 bits per heavy atom. The van der Waals surface area contributed by atoms with Crippen LogP contribution in [0.3, 0.4) is 0 Å². The Balaban J connectivity index is 1.19. The number of aryl methyl sites for hydroxylation is 1. The standard InChI is InChI=1S/C34H42N2O3/c1-23-19-28(17-18-32(23)38-2)25-13-11-24(12-14-25)22-36(34(37)27-7-4-3-5-8-27)30-10-6-9-29(20-30)31-21-33(39-35-31)26-15-16-26/h6,9-10,17-21,24-27H,3-5,7-8,11-16,22H2,1-2H3. The molecule has 0 saturated heterocycles. The molecule has 3 aromatic rings. The predicted molar refractivity (Wildman–Crippen MR) is 155 cm³/mol. The van der Waals surface area contributed by atoms with Crippen molar-refractivity contribution >= 4 is 11.6 Å². The van der Waals surface area contributed by atoms with Crippen molar-refractivity contribution in [2.45, 2.75) is 89.4 Å². The second-order valence-corrected chi connectivity index (χ2v) is 12.2. The van der Waals surface area contributed by atoms with Crippen molar-refractivity contribution in [3.63, 3.8) is 0 Å². The minimum Gasteiger partial charge on any atom is -0.496 e. The van der Waals surface area contributed by atoms with Gasteiger partial charge in [-0.25, -0.2) is 0 Å². The molecule has 0 bridgehead atoms. The van der Waals surface area contributed by atoms with E-state index in [9.17, 15) is 4.79 Å². The normalized spacial score (nSPS) is 22.0. The molecule has 0 atom stereocenters. The number of rotatable bonds is 8. The summed E-state index contributed by atoms with van der Waals surface area (Å²) in [6, 6.07) is 17.2. The Bertz CT molecular complexity index is 1280. The van der Waals surface area contributed by atoms with E-state index in [1.165, 1.54) is 56.1 Å². The van der Waals surface area contributed by atoms with Crippen LogP contribution in [0.1, 0.15) is 99.4 Å². The van der Waals surface area contributed by atoms with Crippen LogP contribution in [-0.2, 0) is 4.79 Å². The van der Waals surface area contributed by atoms with Crippen LogP contribution < -0.4 is 9.64 Å². The zero-order valence-corrected chi connectivity index (χ0v) is 23.5. The SMILES string of the molecule is COc1ccc(C2CCC(CN(C(=O)C3CCCCC3)c3cccc(-c4cc(C5CC5)on4)c3)CC2)cc1C. The lowest BCUT2D eigenvalue weighted by Gasteiger charge is -2.35. The zero-order chi connectivity index (χ0) is 26.8. The number of benzene rings is 2. The highest BCUT2D eigenvalue weighted by molar-refractivity contribution is 5.95. The van der Waals surface area contributed by atoms with Crippen LogP contribution in [0.4, 0.5) is 5.69 Å². The highest BCUT2D eigenvalue weighted by Crippen LogP contribution is 2.42. The monoisotopic (exact) mass is 526 g/mol. The zero-order valence-electron chi connectivity index (χ0n) is 23.5. The van der Waals surface area contributed by atoms with Crippen LogP contribution in [0.2, 0.25) is 0 Å². The molecular weight excluding hydrogens is 484 g/mol. The highest BCUT2D eigenvalue weighted by atomic mass is 16.5. The summed E-state index contributed by atoms with van der Waals surface area (Å²) in [5, 5.41) is 4.37. The van der Waals surface area contributed by atoms with E-state index in [0.717, 1.165) is 60.7 Å². The maximum atomic E-state index is 14.0. The molecule has 0 N–H and O–H groups in total. The molecule has 2 aromatic carbocycles. The summed E-state index contributed by atoms with van der Waals surface area (Å²) in [4.78, 5) is 16.1. The Morgan fingerprint density at radius 2 is 1.69 bits per heavy atom. The first-order valence-corrected chi connectivity index (χ1v) is 15.1. The van der Waals surface area contributed by atoms with Gasteiger partial charge < -0.3 is 14.2 Å². The molecule has 3 saturated carbocycles. The third-order valence-corrected chi connectivity index (χ3v) is 9.36. The third-order valence-electron chi connectivity index (χ3n) is 9.36. The molecule has 6 rings (SSSR count). The van der Waals surface area contributed by atoms with E-state index in [4.69, 9.17) is 9.26 Å². The number of carbonyl (C=O) groups is 1. The van der Waals surface area contributed by atoms with Crippen LogP contribution in [-0.4, -0.2) is 24.7 Å². The van der Waals surface area contributed by atoms with E-state index in [2.05, 4.69) is 65.5 Å². The minimum atomic E-state index is 0.148. The van der Waals surface area contributed by atoms with E-state index >= 15 is 0 Å². The molecule has 1 heterocycles. The van der Waals surface area contributed by atoms with Gasteiger partial charge in [0.05, 0.1) is 7.11 Å². The van der Waals surface area contributed by atoms with E-state index < -0.39 is 0 Å². The van der Waals surface area contributed by atoms with Gasteiger partial charge in [0.1, 0.15) is 17.2 Å². The number of carbonyl (C=O) groups excluding carboxylic acids is 1. The molecule has 5 heteroatoms. The van der Waals surface area contributed by atoms with Crippen molar-refractivity contribution in [1.29, 1.82) is 0 Å². The number of anilines is 1. The first kappa shape index (κ1) is 26.2. The van der Waals surface area contributed by atoms with Gasteiger partial charge in [-0.3, -0.25) is 4.79 Å². The fourth-order valence-electron chi connectivity index (χ4n) is 6.80. The van der Waals surface area contributed by atoms with Gasteiger partial charge in [-0.05, 0) is 99.5 Å². The third kappa shape index (κ3) is 5.92. The summed E-state index contributed by atoms with van der Waals surface area (Å²) in [5.41, 5.74) is 5.54. The van der Waals surface area contributed by atoms with Crippen molar-refractivity contribution in [2.75, 3.05) is 18.6 Å². The van der Waals surface area contributed by atoms with Gasteiger partial charge in [0.2, 0.25) is 5.91 Å². The predicted octanol–water partition coefficient (Wildman–Crippen LogP) is 8.42. The summed E-state index contributed by atoms with van der Waals surface area (Å²) in [7, 11) is 1.74. The highest BCUT2D eigenvalue weighted by Gasteiger charge is 2.32. The van der Waals surface area contributed by atoms with Crippen molar-refractivity contribution in [3.8, 4) is 17.0 Å². The average Bonchev–Trinajstić information content (AvgIpc) is 3.72. The quantitative estimate of drug-likeness (QED) is 0.296. The lowest BCUT2D eigenvalue weighted by atomic mass is 9.78. The lowest BCUT2D eigenvalue weighted by Crippen LogP contribution is -2.41. The molecule has 1 amide bonds. The first-order valence-electron chi connectivity index (χ1n) is 15.1. The molecule has 3 aliphatic rings. The van der Waals surface area contributed by atoms with Gasteiger partial charge in [0.25, 0.3) is 0 Å². The van der Waals surface area contributed by atoms with Crippen LogP contribution >= 0.6 is 0 Å². The Kier molecular flexibility index (Phi) is 7.76. The molecule has 1 aromatic heterocycles. The van der Waals surface area contributed by atoms with E-state index in [0.29, 0.717) is 23.7 Å². The van der Waals surface area contributed by atoms with E-state index in [1.54, 1.807) is 7.11 Å². The van der Waals surface area contributed by atoms with Gasteiger partial charge in [0, 0.05) is 35.7 Å². The molecule has 39 heavy (non-hydrogen) atoms. The Labute approximate surface area is 232 Å². The largest absolute Gasteiger partial charge is 0.496 e.